The zero-order valence-corrected chi connectivity index (χ0v) is 11.5. The molecular formula is C15H10ClF2NO2. The second-order valence-corrected chi connectivity index (χ2v) is 5.08. The van der Waals surface area contributed by atoms with Crippen molar-refractivity contribution in [1.29, 1.82) is 0 Å². The van der Waals surface area contributed by atoms with Crippen molar-refractivity contribution < 1.29 is 18.3 Å². The number of hydrogen-bond acceptors (Lipinski definition) is 2. The molecule has 1 aliphatic heterocycles. The normalized spacial score (nSPS) is 16.9. The first kappa shape index (κ1) is 13.8. The van der Waals surface area contributed by atoms with E-state index in [0.29, 0.717) is 21.8 Å². The van der Waals surface area contributed by atoms with Crippen LogP contribution < -0.4 is 5.32 Å². The van der Waals surface area contributed by atoms with Crippen LogP contribution in [0.1, 0.15) is 17.2 Å². The van der Waals surface area contributed by atoms with Crippen LogP contribution in [0, 0.1) is 11.6 Å². The number of carbonyl (C=O) groups excluding carboxylic acids is 1. The molecular weight excluding hydrogens is 300 g/mol. The van der Waals surface area contributed by atoms with Gasteiger partial charge in [-0.05, 0) is 29.8 Å². The van der Waals surface area contributed by atoms with Crippen molar-refractivity contribution in [3.63, 3.8) is 0 Å². The van der Waals surface area contributed by atoms with E-state index < -0.39 is 23.8 Å². The fourth-order valence-corrected chi connectivity index (χ4v) is 2.62. The van der Waals surface area contributed by atoms with Gasteiger partial charge in [0.2, 0.25) is 0 Å². The minimum atomic E-state index is -0.938. The number of cyclic esters (lactones) is 1. The lowest BCUT2D eigenvalue weighted by atomic mass is 9.98. The molecule has 0 bridgehead atoms. The van der Waals surface area contributed by atoms with Crippen LogP contribution in [0.4, 0.5) is 19.3 Å². The predicted molar refractivity (Wildman–Crippen MR) is 74.4 cm³/mol. The Kier molecular flexibility index (Phi) is 3.51. The maximum absolute atomic E-state index is 13.3. The Morgan fingerprint density at radius 3 is 2.76 bits per heavy atom. The zero-order chi connectivity index (χ0) is 15.0. The van der Waals surface area contributed by atoms with E-state index in [1.165, 1.54) is 6.07 Å². The summed E-state index contributed by atoms with van der Waals surface area (Å²) in [5.74, 6) is -1.85. The van der Waals surface area contributed by atoms with Gasteiger partial charge in [0.25, 0.3) is 0 Å². The fraction of sp³-hybridized carbons (Fsp3) is 0.133. The molecule has 1 unspecified atom stereocenters. The van der Waals surface area contributed by atoms with Crippen LogP contribution in [0.25, 0.3) is 0 Å². The summed E-state index contributed by atoms with van der Waals surface area (Å²) in [5.41, 5.74) is 1.70. The number of fused-ring (bicyclic) bond motifs is 1. The number of hydrogen-bond donors (Lipinski definition) is 1. The number of carbonyl (C=O) groups is 1. The predicted octanol–water partition coefficient (Wildman–Crippen LogP) is 4.46. The Morgan fingerprint density at radius 2 is 2.00 bits per heavy atom. The van der Waals surface area contributed by atoms with Crippen LogP contribution in [0.2, 0.25) is 5.02 Å². The second kappa shape index (κ2) is 5.33. The van der Waals surface area contributed by atoms with Gasteiger partial charge < -0.3 is 4.74 Å². The molecule has 0 aromatic heterocycles. The molecule has 1 heterocycles. The Hall–Kier alpha value is -2.14. The monoisotopic (exact) mass is 309 g/mol. The first-order valence-corrected chi connectivity index (χ1v) is 6.62. The SMILES string of the molecule is O=C1Nc2cccc(Cl)c2C(Cc2ccc(F)c(F)c2)O1. The highest BCUT2D eigenvalue weighted by atomic mass is 35.5. The molecule has 3 rings (SSSR count). The number of rotatable bonds is 2. The summed E-state index contributed by atoms with van der Waals surface area (Å²) < 4.78 is 31.4. The number of benzene rings is 2. The van der Waals surface area contributed by atoms with Gasteiger partial charge in [-0.2, -0.15) is 0 Å². The molecule has 0 fully saturated rings. The maximum Gasteiger partial charge on any atom is 0.412 e. The van der Waals surface area contributed by atoms with Gasteiger partial charge in [-0.1, -0.05) is 23.7 Å². The molecule has 108 valence electrons. The van der Waals surface area contributed by atoms with Gasteiger partial charge in [-0.15, -0.1) is 0 Å². The van der Waals surface area contributed by atoms with Crippen molar-refractivity contribution in [3.8, 4) is 0 Å². The lowest BCUT2D eigenvalue weighted by Gasteiger charge is -2.27. The van der Waals surface area contributed by atoms with Gasteiger partial charge in [-0.3, -0.25) is 5.32 Å². The van der Waals surface area contributed by atoms with Gasteiger partial charge in [0.15, 0.2) is 11.6 Å². The molecule has 6 heteroatoms. The highest BCUT2D eigenvalue weighted by molar-refractivity contribution is 6.32. The molecule has 1 aliphatic rings. The standard InChI is InChI=1S/C15H10ClF2NO2/c16-9-2-1-3-12-14(9)13(21-15(20)19-12)7-8-4-5-10(17)11(18)6-8/h1-6,13H,7H2,(H,19,20). The first-order valence-electron chi connectivity index (χ1n) is 6.24. The largest absolute Gasteiger partial charge is 0.441 e. The Labute approximate surface area is 124 Å². The molecule has 0 saturated heterocycles. The Morgan fingerprint density at radius 1 is 1.19 bits per heavy atom. The summed E-state index contributed by atoms with van der Waals surface area (Å²) >= 11 is 6.14. The van der Waals surface area contributed by atoms with Crippen LogP contribution in [0.15, 0.2) is 36.4 Å². The first-order chi connectivity index (χ1) is 10.0. The topological polar surface area (TPSA) is 38.3 Å². The van der Waals surface area contributed by atoms with E-state index in [9.17, 15) is 13.6 Å². The van der Waals surface area contributed by atoms with E-state index in [-0.39, 0.29) is 6.42 Å². The van der Waals surface area contributed by atoms with E-state index in [2.05, 4.69) is 5.32 Å². The van der Waals surface area contributed by atoms with E-state index in [1.54, 1.807) is 18.2 Å². The molecule has 2 aromatic rings. The summed E-state index contributed by atoms with van der Waals surface area (Å²) in [6.45, 7) is 0. The number of ether oxygens (including phenoxy) is 1. The number of halogens is 3. The average Bonchev–Trinajstić information content (AvgIpc) is 2.42. The molecule has 1 atom stereocenters. The van der Waals surface area contributed by atoms with Crippen LogP contribution in [-0.4, -0.2) is 6.09 Å². The average molecular weight is 310 g/mol. The minimum absolute atomic E-state index is 0.210. The van der Waals surface area contributed by atoms with Gasteiger partial charge in [0.1, 0.15) is 6.10 Å². The molecule has 1 N–H and O–H groups in total. The Bertz CT molecular complexity index is 721. The van der Waals surface area contributed by atoms with Crippen molar-refractivity contribution in [3.05, 3.63) is 64.2 Å². The smallest absolute Gasteiger partial charge is 0.412 e. The molecule has 2 aromatic carbocycles. The molecule has 0 saturated carbocycles. The number of nitrogens with one attached hydrogen (secondary N) is 1. The zero-order valence-electron chi connectivity index (χ0n) is 10.7. The van der Waals surface area contributed by atoms with E-state index in [1.807, 2.05) is 0 Å². The quantitative estimate of drug-likeness (QED) is 0.889. The summed E-state index contributed by atoms with van der Waals surface area (Å²) in [6, 6.07) is 8.67. The van der Waals surface area contributed by atoms with Crippen molar-refractivity contribution >= 4 is 23.4 Å². The highest BCUT2D eigenvalue weighted by Gasteiger charge is 2.28. The highest BCUT2D eigenvalue weighted by Crippen LogP contribution is 2.37. The van der Waals surface area contributed by atoms with Crippen LogP contribution in [0.5, 0.6) is 0 Å². The van der Waals surface area contributed by atoms with E-state index in [4.69, 9.17) is 16.3 Å². The molecule has 1 amide bonds. The second-order valence-electron chi connectivity index (χ2n) is 4.67. The van der Waals surface area contributed by atoms with Crippen LogP contribution >= 0.6 is 11.6 Å². The third-order valence-electron chi connectivity index (χ3n) is 3.27. The van der Waals surface area contributed by atoms with Gasteiger partial charge in [-0.25, -0.2) is 13.6 Å². The lowest BCUT2D eigenvalue weighted by molar-refractivity contribution is 0.106. The Balaban J connectivity index is 1.96. The fourth-order valence-electron chi connectivity index (χ4n) is 2.33. The third kappa shape index (κ3) is 2.69. The van der Waals surface area contributed by atoms with E-state index in [0.717, 1.165) is 12.1 Å². The molecule has 0 aliphatic carbocycles. The summed E-state index contributed by atoms with van der Waals surface area (Å²) in [5, 5.41) is 3.00. The van der Waals surface area contributed by atoms with Gasteiger partial charge >= 0.3 is 6.09 Å². The maximum atomic E-state index is 13.3. The van der Waals surface area contributed by atoms with Crippen LogP contribution in [-0.2, 0) is 11.2 Å². The van der Waals surface area contributed by atoms with Crippen LogP contribution in [0.3, 0.4) is 0 Å². The minimum Gasteiger partial charge on any atom is -0.441 e. The van der Waals surface area contributed by atoms with Crippen molar-refractivity contribution in [2.24, 2.45) is 0 Å². The summed E-state index contributed by atoms with van der Waals surface area (Å²) in [4.78, 5) is 11.5. The summed E-state index contributed by atoms with van der Waals surface area (Å²) in [6.07, 6.45) is -1.04. The number of amides is 1. The van der Waals surface area contributed by atoms with Crippen molar-refractivity contribution in [2.75, 3.05) is 5.32 Å². The van der Waals surface area contributed by atoms with Gasteiger partial charge in [0, 0.05) is 17.0 Å². The van der Waals surface area contributed by atoms with Crippen molar-refractivity contribution in [1.82, 2.24) is 0 Å². The van der Waals surface area contributed by atoms with E-state index >= 15 is 0 Å². The molecule has 0 radical (unpaired) electrons. The summed E-state index contributed by atoms with van der Waals surface area (Å²) in [7, 11) is 0. The molecule has 21 heavy (non-hydrogen) atoms. The number of anilines is 1. The molecule has 0 spiro atoms. The molecule has 3 nitrogen and oxygen atoms in total. The lowest BCUT2D eigenvalue weighted by Crippen LogP contribution is -2.26. The van der Waals surface area contributed by atoms with Crippen molar-refractivity contribution in [2.45, 2.75) is 12.5 Å². The van der Waals surface area contributed by atoms with Gasteiger partial charge in [0.05, 0.1) is 5.69 Å². The third-order valence-corrected chi connectivity index (χ3v) is 3.60.